The molecule has 2 aliphatic carbocycles. The van der Waals surface area contributed by atoms with Crippen LogP contribution in [0.4, 0.5) is 17.1 Å². The number of nitrogens with zero attached hydrogens (tertiary/aromatic N) is 1. The van der Waals surface area contributed by atoms with Gasteiger partial charge in [-0.3, -0.25) is 0 Å². The van der Waals surface area contributed by atoms with E-state index in [1.54, 1.807) is 0 Å². The summed E-state index contributed by atoms with van der Waals surface area (Å²) in [4.78, 5) is 5.16. The van der Waals surface area contributed by atoms with E-state index in [1.165, 1.54) is 81.8 Å². The van der Waals surface area contributed by atoms with Crippen molar-refractivity contribution in [1.82, 2.24) is 0 Å². The molecule has 2 heterocycles. The molecule has 0 unspecified atom stereocenters. The van der Waals surface area contributed by atoms with Crippen molar-refractivity contribution in [3.8, 4) is 44.9 Å². The number of para-hydroxylation sites is 3. The largest absolute Gasteiger partial charge is 0.457 e. The van der Waals surface area contributed by atoms with E-state index >= 15 is 0 Å². The Labute approximate surface area is 405 Å². The van der Waals surface area contributed by atoms with Crippen LogP contribution in [0, 0.1) is 0 Å². The van der Waals surface area contributed by atoms with E-state index in [0.29, 0.717) is 0 Å². The van der Waals surface area contributed by atoms with Gasteiger partial charge in [0.2, 0.25) is 0 Å². The maximum Gasteiger partial charge on any atom is 0.132 e. The van der Waals surface area contributed by atoms with Crippen LogP contribution in [0.15, 0.2) is 259 Å². The monoisotopic (exact) mass is 895 g/mol. The number of benzene rings is 11. The van der Waals surface area contributed by atoms with Gasteiger partial charge in [0.15, 0.2) is 0 Å². The zero-order chi connectivity index (χ0) is 45.3. The Hall–Kier alpha value is -8.37. The second-order valence-corrected chi connectivity index (χ2v) is 19.7. The van der Waals surface area contributed by atoms with Crippen molar-refractivity contribution < 1.29 is 4.74 Å². The predicted molar refractivity (Wildman–Crippen MR) is 283 cm³/mol. The summed E-state index contributed by atoms with van der Waals surface area (Å²) in [5, 5.41) is 2.45. The van der Waals surface area contributed by atoms with Crippen LogP contribution in [0.3, 0.4) is 0 Å². The fourth-order valence-corrected chi connectivity index (χ4v) is 14.0. The number of rotatable bonds is 4. The van der Waals surface area contributed by atoms with Crippen molar-refractivity contribution in [3.05, 3.63) is 293 Å². The van der Waals surface area contributed by atoms with Gasteiger partial charge in [0.25, 0.3) is 0 Å². The SMILES string of the molecule is c1ccc(-c2ccccc2N(c2ccc3c4c(ccc3c2)C2(c3ccccc3Sc3ccccc32)c2ccccc2-4)c2cccc3c2-c2ccccc2C32c3ccccc3Oc3ccccc32)cc1. The van der Waals surface area contributed by atoms with Crippen molar-refractivity contribution in [2.24, 2.45) is 0 Å². The number of anilines is 3. The van der Waals surface area contributed by atoms with E-state index in [2.05, 4.69) is 254 Å². The smallest absolute Gasteiger partial charge is 0.132 e. The molecule has 11 aromatic carbocycles. The van der Waals surface area contributed by atoms with Crippen LogP contribution in [-0.2, 0) is 10.8 Å². The summed E-state index contributed by atoms with van der Waals surface area (Å²) in [6.07, 6.45) is 0. The van der Waals surface area contributed by atoms with Crippen molar-refractivity contribution in [2.75, 3.05) is 4.90 Å². The maximum atomic E-state index is 6.73. The fraction of sp³-hybridized carbons (Fsp3) is 0.0303. The lowest BCUT2D eigenvalue weighted by molar-refractivity contribution is 0.436. The lowest BCUT2D eigenvalue weighted by Gasteiger charge is -2.39. The number of fused-ring (bicyclic) bond motifs is 20. The van der Waals surface area contributed by atoms with Gasteiger partial charge in [-0.2, -0.15) is 0 Å². The second kappa shape index (κ2) is 14.6. The van der Waals surface area contributed by atoms with E-state index < -0.39 is 10.8 Å². The highest BCUT2D eigenvalue weighted by molar-refractivity contribution is 7.99. The van der Waals surface area contributed by atoms with Gasteiger partial charge in [-0.15, -0.1) is 0 Å². The van der Waals surface area contributed by atoms with E-state index in [0.717, 1.165) is 45.3 Å². The molecule has 0 bridgehead atoms. The summed E-state index contributed by atoms with van der Waals surface area (Å²) in [5.74, 6) is 1.78. The molecule has 11 aromatic rings. The molecule has 0 radical (unpaired) electrons. The van der Waals surface area contributed by atoms with Gasteiger partial charge in [0, 0.05) is 37.7 Å². The Morgan fingerprint density at radius 1 is 0.333 bits per heavy atom. The van der Waals surface area contributed by atoms with Crippen molar-refractivity contribution in [2.45, 2.75) is 20.6 Å². The molecule has 322 valence electrons. The zero-order valence-electron chi connectivity index (χ0n) is 37.4. The van der Waals surface area contributed by atoms with Gasteiger partial charge in [0.05, 0.1) is 22.2 Å². The Morgan fingerprint density at radius 3 is 1.51 bits per heavy atom. The molecule has 0 atom stereocenters. The van der Waals surface area contributed by atoms with E-state index in [1.807, 2.05) is 11.8 Å². The topological polar surface area (TPSA) is 12.5 Å². The Morgan fingerprint density at radius 2 is 0.826 bits per heavy atom. The van der Waals surface area contributed by atoms with Crippen molar-refractivity contribution in [1.29, 1.82) is 0 Å². The molecular weight excluding hydrogens is 855 g/mol. The van der Waals surface area contributed by atoms with E-state index in [4.69, 9.17) is 4.74 Å². The normalized spacial score (nSPS) is 14.4. The van der Waals surface area contributed by atoms with E-state index in [9.17, 15) is 0 Å². The standard InChI is InChI=1S/C66H41NOS/c1-2-19-42(20-3-1)45-21-6-13-31-57(45)67(58-32-18-30-55-64(58)48-23-5-8-25-50(48)65(55)51-26-9-14-33-59(51)68-60-34-15-10-27-52(60)65)44-38-39-46-43(41-44)37-40-56-63(46)47-22-4-7-24-49(47)66(56)53-28-11-16-35-61(53)69-62-36-17-12-29-54(62)66/h1-41H. The van der Waals surface area contributed by atoms with Crippen LogP contribution in [0.2, 0.25) is 0 Å². The Kier molecular flexibility index (Phi) is 8.17. The van der Waals surface area contributed by atoms with Gasteiger partial charge >= 0.3 is 0 Å². The average molecular weight is 896 g/mol. The molecule has 0 saturated heterocycles. The maximum absolute atomic E-state index is 6.73. The lowest BCUT2D eigenvalue weighted by Crippen LogP contribution is -2.32. The summed E-state index contributed by atoms with van der Waals surface area (Å²) >= 11 is 1.89. The molecule has 0 fully saturated rings. The van der Waals surface area contributed by atoms with Gasteiger partial charge in [-0.1, -0.05) is 212 Å². The van der Waals surface area contributed by atoms with Crippen LogP contribution in [0.5, 0.6) is 11.5 Å². The molecule has 2 spiro atoms. The summed E-state index contributed by atoms with van der Waals surface area (Å²) in [6, 6.07) is 92.3. The third-order valence-electron chi connectivity index (χ3n) is 15.4. The minimum Gasteiger partial charge on any atom is -0.457 e. The quantitative estimate of drug-likeness (QED) is 0.175. The summed E-state index contributed by atoms with van der Waals surface area (Å²) < 4.78 is 6.73. The Balaban J connectivity index is 1.01. The molecule has 0 amide bonds. The molecule has 0 saturated carbocycles. The van der Waals surface area contributed by atoms with Crippen LogP contribution in [-0.4, -0.2) is 0 Å². The third kappa shape index (κ3) is 5.12. The van der Waals surface area contributed by atoms with Gasteiger partial charge in [0.1, 0.15) is 11.5 Å². The number of hydrogen-bond donors (Lipinski definition) is 0. The van der Waals surface area contributed by atoms with Crippen LogP contribution >= 0.6 is 11.8 Å². The highest BCUT2D eigenvalue weighted by Gasteiger charge is 2.53. The third-order valence-corrected chi connectivity index (χ3v) is 16.5. The second-order valence-electron chi connectivity index (χ2n) is 18.6. The number of hydrogen-bond acceptors (Lipinski definition) is 3. The highest BCUT2D eigenvalue weighted by Crippen LogP contribution is 2.66. The lowest BCUT2D eigenvalue weighted by atomic mass is 9.66. The molecule has 15 rings (SSSR count). The fourth-order valence-electron chi connectivity index (χ4n) is 12.8. The number of ether oxygens (including phenoxy) is 1. The predicted octanol–water partition coefficient (Wildman–Crippen LogP) is 17.3. The first-order valence-electron chi connectivity index (χ1n) is 23.8. The molecule has 2 aliphatic heterocycles. The molecule has 69 heavy (non-hydrogen) atoms. The molecule has 2 nitrogen and oxygen atoms in total. The first-order chi connectivity index (χ1) is 34.2. The zero-order valence-corrected chi connectivity index (χ0v) is 38.3. The Bertz CT molecular complexity index is 3850. The van der Waals surface area contributed by atoms with Gasteiger partial charge in [-0.05, 0) is 115 Å². The molecule has 4 aliphatic rings. The summed E-state index contributed by atoms with van der Waals surface area (Å²) in [6.45, 7) is 0. The van der Waals surface area contributed by atoms with Gasteiger partial charge < -0.3 is 9.64 Å². The first-order valence-corrected chi connectivity index (χ1v) is 24.6. The van der Waals surface area contributed by atoms with Gasteiger partial charge in [-0.25, -0.2) is 0 Å². The summed E-state index contributed by atoms with van der Waals surface area (Å²) in [5.41, 5.74) is 19.9. The van der Waals surface area contributed by atoms with Crippen molar-refractivity contribution >= 4 is 39.6 Å². The minimum atomic E-state index is -0.597. The van der Waals surface area contributed by atoms with Crippen molar-refractivity contribution in [3.63, 3.8) is 0 Å². The summed E-state index contributed by atoms with van der Waals surface area (Å²) in [7, 11) is 0. The molecule has 0 N–H and O–H groups in total. The van der Waals surface area contributed by atoms with Crippen LogP contribution < -0.4 is 9.64 Å². The first kappa shape index (κ1) is 38.7. The van der Waals surface area contributed by atoms with E-state index in [-0.39, 0.29) is 0 Å². The average Bonchev–Trinajstić information content (AvgIpc) is 3.88. The molecule has 0 aromatic heterocycles. The van der Waals surface area contributed by atoms with Crippen LogP contribution in [0.25, 0.3) is 44.2 Å². The molecule has 3 heteroatoms. The molecular formula is C66H41NOS. The highest BCUT2D eigenvalue weighted by atomic mass is 32.2. The minimum absolute atomic E-state index is 0.437. The van der Waals surface area contributed by atoms with Crippen LogP contribution in [0.1, 0.15) is 44.5 Å².